The molecule has 0 saturated heterocycles. The van der Waals surface area contributed by atoms with Gasteiger partial charge in [-0.2, -0.15) is 0 Å². The van der Waals surface area contributed by atoms with Crippen LogP contribution in [0.4, 0.5) is 0 Å². The van der Waals surface area contributed by atoms with Gasteiger partial charge in [-0.15, -0.1) is 0 Å². The van der Waals surface area contributed by atoms with E-state index in [2.05, 4.69) is 15.0 Å². The minimum absolute atomic E-state index is 0.551. The third-order valence-corrected chi connectivity index (χ3v) is 2.31. The zero-order valence-corrected chi connectivity index (χ0v) is 9.44. The van der Waals surface area contributed by atoms with Crippen molar-refractivity contribution in [2.24, 2.45) is 5.73 Å². The summed E-state index contributed by atoms with van der Waals surface area (Å²) in [6, 6.07) is 7.94. The number of aryl methyl sites for hydroxylation is 2. The van der Waals surface area contributed by atoms with E-state index in [1.807, 2.05) is 38.1 Å². The maximum atomic E-state index is 5.55. The van der Waals surface area contributed by atoms with Crippen molar-refractivity contribution in [3.63, 3.8) is 0 Å². The first-order chi connectivity index (χ1) is 7.69. The van der Waals surface area contributed by atoms with Gasteiger partial charge in [-0.25, -0.2) is 15.0 Å². The highest BCUT2D eigenvalue weighted by molar-refractivity contribution is 5.55. The highest BCUT2D eigenvalue weighted by atomic mass is 15.0. The Kier molecular flexibility index (Phi) is 2.92. The highest BCUT2D eigenvalue weighted by Gasteiger charge is 2.03. The molecule has 0 radical (unpaired) electrons. The Morgan fingerprint density at radius 1 is 0.938 bits per heavy atom. The van der Waals surface area contributed by atoms with Crippen LogP contribution in [0.15, 0.2) is 24.3 Å². The van der Waals surface area contributed by atoms with Crippen LogP contribution in [0.25, 0.3) is 11.4 Å². The third-order valence-electron chi connectivity index (χ3n) is 2.31. The van der Waals surface area contributed by atoms with Gasteiger partial charge in [-0.05, 0) is 19.4 Å². The van der Waals surface area contributed by atoms with Gasteiger partial charge < -0.3 is 5.73 Å². The fourth-order valence-corrected chi connectivity index (χ4v) is 1.53. The smallest absolute Gasteiger partial charge is 0.163 e. The molecule has 16 heavy (non-hydrogen) atoms. The van der Waals surface area contributed by atoms with Crippen LogP contribution < -0.4 is 5.73 Å². The van der Waals surface area contributed by atoms with Crippen molar-refractivity contribution >= 4 is 0 Å². The largest absolute Gasteiger partial charge is 0.326 e. The summed E-state index contributed by atoms with van der Waals surface area (Å²) in [6.45, 7) is 4.29. The Hall–Kier alpha value is -1.81. The first-order valence-corrected chi connectivity index (χ1v) is 5.17. The second-order valence-electron chi connectivity index (χ2n) is 3.65. The number of aromatic nitrogens is 3. The number of nitrogens with zero attached hydrogens (tertiary/aromatic N) is 3. The predicted molar refractivity (Wildman–Crippen MR) is 62.6 cm³/mol. The van der Waals surface area contributed by atoms with E-state index in [1.54, 1.807) is 0 Å². The second-order valence-corrected chi connectivity index (χ2v) is 3.65. The van der Waals surface area contributed by atoms with E-state index < -0.39 is 0 Å². The van der Waals surface area contributed by atoms with Gasteiger partial charge in [0, 0.05) is 12.1 Å². The summed E-state index contributed by atoms with van der Waals surface area (Å²) in [5, 5.41) is 0. The molecular weight excluding hydrogens is 200 g/mol. The van der Waals surface area contributed by atoms with Crippen LogP contribution >= 0.6 is 0 Å². The molecule has 0 amide bonds. The van der Waals surface area contributed by atoms with E-state index in [0.717, 1.165) is 22.8 Å². The monoisotopic (exact) mass is 214 g/mol. The summed E-state index contributed by atoms with van der Waals surface area (Å²) < 4.78 is 0. The number of benzene rings is 1. The number of rotatable bonds is 2. The molecule has 4 nitrogen and oxygen atoms in total. The van der Waals surface area contributed by atoms with Crippen LogP contribution in [0, 0.1) is 13.8 Å². The van der Waals surface area contributed by atoms with E-state index in [0.29, 0.717) is 12.4 Å². The van der Waals surface area contributed by atoms with E-state index in [9.17, 15) is 0 Å². The molecule has 0 unspecified atom stereocenters. The van der Waals surface area contributed by atoms with Gasteiger partial charge in [-0.1, -0.05) is 24.3 Å². The fraction of sp³-hybridized carbons (Fsp3) is 0.250. The molecule has 0 fully saturated rings. The van der Waals surface area contributed by atoms with Crippen LogP contribution in [0.2, 0.25) is 0 Å². The number of hydrogen-bond donors (Lipinski definition) is 1. The zero-order chi connectivity index (χ0) is 11.5. The standard InChI is InChI=1S/C12H14N4/c1-8-14-9(2)16-12(15-8)11-5-3-10(7-13)4-6-11/h3-6H,7,13H2,1-2H3. The lowest BCUT2D eigenvalue weighted by Gasteiger charge is -2.03. The van der Waals surface area contributed by atoms with Crippen molar-refractivity contribution in [1.82, 2.24) is 15.0 Å². The summed E-state index contributed by atoms with van der Waals surface area (Å²) >= 11 is 0. The molecule has 1 heterocycles. The quantitative estimate of drug-likeness (QED) is 0.825. The molecule has 0 bridgehead atoms. The molecule has 0 saturated carbocycles. The molecule has 0 aliphatic heterocycles. The second kappa shape index (κ2) is 4.37. The first kappa shape index (κ1) is 10.7. The van der Waals surface area contributed by atoms with E-state index in [-0.39, 0.29) is 0 Å². The summed E-state index contributed by atoms with van der Waals surface area (Å²) in [5.41, 5.74) is 7.64. The van der Waals surface area contributed by atoms with Gasteiger partial charge in [-0.3, -0.25) is 0 Å². The van der Waals surface area contributed by atoms with Gasteiger partial charge in [0.15, 0.2) is 5.82 Å². The van der Waals surface area contributed by atoms with Crippen molar-refractivity contribution in [3.8, 4) is 11.4 Å². The SMILES string of the molecule is Cc1nc(C)nc(-c2ccc(CN)cc2)n1. The van der Waals surface area contributed by atoms with Gasteiger partial charge in [0.1, 0.15) is 11.6 Å². The Morgan fingerprint density at radius 2 is 1.50 bits per heavy atom. The van der Waals surface area contributed by atoms with Gasteiger partial charge in [0.25, 0.3) is 0 Å². The molecule has 4 heteroatoms. The zero-order valence-electron chi connectivity index (χ0n) is 9.44. The molecule has 2 rings (SSSR count). The lowest BCUT2D eigenvalue weighted by molar-refractivity contribution is 0.928. The average Bonchev–Trinajstić information content (AvgIpc) is 2.28. The highest BCUT2D eigenvalue weighted by Crippen LogP contribution is 2.15. The average molecular weight is 214 g/mol. The molecule has 1 aromatic carbocycles. The van der Waals surface area contributed by atoms with Crippen LogP contribution in [-0.4, -0.2) is 15.0 Å². The topological polar surface area (TPSA) is 64.7 Å². The maximum absolute atomic E-state index is 5.55. The number of hydrogen-bond acceptors (Lipinski definition) is 4. The Balaban J connectivity index is 2.42. The van der Waals surface area contributed by atoms with Crippen LogP contribution in [-0.2, 0) is 6.54 Å². The van der Waals surface area contributed by atoms with Gasteiger partial charge in [0.05, 0.1) is 0 Å². The van der Waals surface area contributed by atoms with Crippen molar-refractivity contribution < 1.29 is 0 Å². The molecule has 1 aromatic heterocycles. The normalized spacial score (nSPS) is 10.4. The van der Waals surface area contributed by atoms with Crippen molar-refractivity contribution in [2.75, 3.05) is 0 Å². The maximum Gasteiger partial charge on any atom is 0.163 e. The van der Waals surface area contributed by atoms with E-state index >= 15 is 0 Å². The first-order valence-electron chi connectivity index (χ1n) is 5.17. The molecule has 2 aromatic rings. The lowest BCUT2D eigenvalue weighted by Crippen LogP contribution is -1.99. The summed E-state index contributed by atoms with van der Waals surface area (Å²) in [6.07, 6.45) is 0. The van der Waals surface area contributed by atoms with Crippen molar-refractivity contribution in [3.05, 3.63) is 41.5 Å². The molecule has 0 spiro atoms. The fourth-order valence-electron chi connectivity index (χ4n) is 1.53. The minimum Gasteiger partial charge on any atom is -0.326 e. The summed E-state index contributed by atoms with van der Waals surface area (Å²) in [7, 11) is 0. The van der Waals surface area contributed by atoms with Crippen LogP contribution in [0.3, 0.4) is 0 Å². The van der Waals surface area contributed by atoms with Crippen molar-refractivity contribution in [2.45, 2.75) is 20.4 Å². The Bertz CT molecular complexity index is 471. The molecular formula is C12H14N4. The van der Waals surface area contributed by atoms with Gasteiger partial charge >= 0.3 is 0 Å². The Morgan fingerprint density at radius 3 is 2.00 bits per heavy atom. The minimum atomic E-state index is 0.551. The molecule has 0 aliphatic carbocycles. The molecule has 0 aliphatic rings. The number of nitrogens with two attached hydrogens (primary N) is 1. The molecule has 0 atom stereocenters. The summed E-state index contributed by atoms with van der Waals surface area (Å²) in [4.78, 5) is 12.8. The van der Waals surface area contributed by atoms with Crippen LogP contribution in [0.1, 0.15) is 17.2 Å². The van der Waals surface area contributed by atoms with Crippen molar-refractivity contribution in [1.29, 1.82) is 0 Å². The van der Waals surface area contributed by atoms with E-state index in [1.165, 1.54) is 0 Å². The van der Waals surface area contributed by atoms with E-state index in [4.69, 9.17) is 5.73 Å². The lowest BCUT2D eigenvalue weighted by atomic mass is 10.1. The molecule has 82 valence electrons. The molecule has 2 N–H and O–H groups in total. The summed E-state index contributed by atoms with van der Waals surface area (Å²) in [5.74, 6) is 2.20. The Labute approximate surface area is 94.6 Å². The van der Waals surface area contributed by atoms with Gasteiger partial charge in [0.2, 0.25) is 0 Å². The van der Waals surface area contributed by atoms with Crippen LogP contribution in [0.5, 0.6) is 0 Å². The predicted octanol–water partition coefficient (Wildman–Crippen LogP) is 1.61. The third kappa shape index (κ3) is 2.23.